The van der Waals surface area contributed by atoms with Crippen LogP contribution < -0.4 is 10.5 Å². The Balaban J connectivity index is 2.20. The Morgan fingerprint density at radius 1 is 0.792 bits per heavy atom. The summed E-state index contributed by atoms with van der Waals surface area (Å²) >= 11 is 0. The summed E-state index contributed by atoms with van der Waals surface area (Å²) in [4.78, 5) is 0. The summed E-state index contributed by atoms with van der Waals surface area (Å²) in [5.41, 5.74) is 3.30. The van der Waals surface area contributed by atoms with Gasteiger partial charge in [0.1, 0.15) is 5.75 Å². The molecule has 0 aliphatic carbocycles. The van der Waals surface area contributed by atoms with Crippen molar-refractivity contribution in [3.63, 3.8) is 0 Å². The first kappa shape index (κ1) is 16.3. The van der Waals surface area contributed by atoms with E-state index in [9.17, 15) is 13.2 Å². The summed E-state index contributed by atoms with van der Waals surface area (Å²) < 4.78 is 46.7. The van der Waals surface area contributed by atoms with Gasteiger partial charge in [0, 0.05) is 0 Å². The van der Waals surface area contributed by atoms with Gasteiger partial charge in [0.2, 0.25) is 0 Å². The van der Waals surface area contributed by atoms with Crippen molar-refractivity contribution in [3.05, 3.63) is 77.9 Å². The molecule has 3 aromatic carbocycles. The summed E-state index contributed by atoms with van der Waals surface area (Å²) in [7, 11) is 1.46. The van der Waals surface area contributed by atoms with Crippen LogP contribution in [0.3, 0.4) is 0 Å². The van der Waals surface area contributed by atoms with E-state index in [0.29, 0.717) is 11.1 Å². The SMILES string of the molecule is COc1ccc([C@](N)(c2ccc3ccccc3c2)C(F)(F)F)cc1. The fourth-order valence-electron chi connectivity index (χ4n) is 2.78. The lowest BCUT2D eigenvalue weighted by molar-refractivity contribution is -0.176. The maximum Gasteiger partial charge on any atom is 0.414 e. The van der Waals surface area contributed by atoms with Crippen molar-refractivity contribution < 1.29 is 17.9 Å². The molecule has 0 spiro atoms. The molecular formula is C19H16F3NO. The second-order valence-electron chi connectivity index (χ2n) is 5.60. The molecule has 5 heteroatoms. The number of nitrogens with two attached hydrogens (primary N) is 1. The van der Waals surface area contributed by atoms with Gasteiger partial charge in [0.25, 0.3) is 0 Å². The van der Waals surface area contributed by atoms with Gasteiger partial charge in [-0.2, -0.15) is 13.2 Å². The molecule has 1 atom stereocenters. The predicted octanol–water partition coefficient (Wildman–Crippen LogP) is 4.61. The Kier molecular flexibility index (Phi) is 3.97. The Bertz CT molecular complexity index is 858. The van der Waals surface area contributed by atoms with E-state index in [1.54, 1.807) is 18.2 Å². The van der Waals surface area contributed by atoms with Crippen LogP contribution in [0, 0.1) is 0 Å². The first-order chi connectivity index (χ1) is 11.4. The lowest BCUT2D eigenvalue weighted by atomic mass is 9.82. The summed E-state index contributed by atoms with van der Waals surface area (Å²) in [5.74, 6) is 0.474. The molecule has 3 rings (SSSR count). The van der Waals surface area contributed by atoms with Gasteiger partial charge < -0.3 is 10.5 Å². The molecule has 0 amide bonds. The van der Waals surface area contributed by atoms with Gasteiger partial charge in [0.05, 0.1) is 7.11 Å². The summed E-state index contributed by atoms with van der Waals surface area (Å²) in [6.45, 7) is 0. The molecule has 0 aliphatic heterocycles. The van der Waals surface area contributed by atoms with Gasteiger partial charge >= 0.3 is 6.18 Å². The zero-order valence-corrected chi connectivity index (χ0v) is 13.0. The van der Waals surface area contributed by atoms with E-state index in [1.807, 2.05) is 12.1 Å². The van der Waals surface area contributed by atoms with E-state index in [2.05, 4.69) is 0 Å². The van der Waals surface area contributed by atoms with Crippen molar-refractivity contribution >= 4 is 10.8 Å². The lowest BCUT2D eigenvalue weighted by Gasteiger charge is -2.33. The molecule has 0 unspecified atom stereocenters. The molecule has 0 bridgehead atoms. The second-order valence-corrected chi connectivity index (χ2v) is 5.60. The number of benzene rings is 3. The van der Waals surface area contributed by atoms with Gasteiger partial charge in [0.15, 0.2) is 5.54 Å². The molecule has 0 aromatic heterocycles. The lowest BCUT2D eigenvalue weighted by Crippen LogP contribution is -2.51. The standard InChI is InChI=1S/C19H16F3NO/c1-24-17-10-8-15(9-11-17)18(23,19(20,21)22)16-7-6-13-4-2-3-5-14(13)12-16/h2-12H,23H2,1H3/t18-/m0/s1. The van der Waals surface area contributed by atoms with E-state index in [4.69, 9.17) is 10.5 Å². The van der Waals surface area contributed by atoms with Gasteiger partial charge in [-0.25, -0.2) is 0 Å². The topological polar surface area (TPSA) is 35.2 Å². The Morgan fingerprint density at radius 3 is 1.96 bits per heavy atom. The molecule has 0 fully saturated rings. The normalized spacial score (nSPS) is 14.4. The zero-order valence-electron chi connectivity index (χ0n) is 13.0. The van der Waals surface area contributed by atoms with Crippen LogP contribution in [0.25, 0.3) is 10.8 Å². The van der Waals surface area contributed by atoms with E-state index in [0.717, 1.165) is 5.39 Å². The third-order valence-corrected chi connectivity index (χ3v) is 4.20. The third-order valence-electron chi connectivity index (χ3n) is 4.20. The maximum atomic E-state index is 13.9. The Labute approximate surface area is 137 Å². The number of ether oxygens (including phenoxy) is 1. The molecule has 24 heavy (non-hydrogen) atoms. The maximum absolute atomic E-state index is 13.9. The Morgan fingerprint density at radius 2 is 1.38 bits per heavy atom. The zero-order chi connectivity index (χ0) is 17.4. The molecule has 3 aromatic rings. The van der Waals surface area contributed by atoms with Crippen LogP contribution in [0.2, 0.25) is 0 Å². The van der Waals surface area contributed by atoms with Gasteiger partial charge in [-0.3, -0.25) is 0 Å². The molecule has 0 saturated heterocycles. The fourth-order valence-corrected chi connectivity index (χ4v) is 2.78. The molecule has 124 valence electrons. The monoisotopic (exact) mass is 331 g/mol. The van der Waals surface area contributed by atoms with Crippen LogP contribution in [0.4, 0.5) is 13.2 Å². The number of rotatable bonds is 3. The first-order valence-electron chi connectivity index (χ1n) is 7.35. The number of hydrogen-bond donors (Lipinski definition) is 1. The van der Waals surface area contributed by atoms with Crippen LogP contribution >= 0.6 is 0 Å². The fraction of sp³-hybridized carbons (Fsp3) is 0.158. The van der Waals surface area contributed by atoms with Crippen LogP contribution in [0.1, 0.15) is 11.1 Å². The molecule has 0 aliphatic rings. The van der Waals surface area contributed by atoms with Crippen LogP contribution in [0.5, 0.6) is 5.75 Å². The second kappa shape index (κ2) is 5.83. The number of methoxy groups -OCH3 is 1. The van der Waals surface area contributed by atoms with Gasteiger partial charge in [-0.1, -0.05) is 48.5 Å². The molecule has 0 saturated carbocycles. The molecule has 0 heterocycles. The third kappa shape index (κ3) is 2.61. The van der Waals surface area contributed by atoms with E-state index in [1.165, 1.54) is 43.5 Å². The van der Waals surface area contributed by atoms with Crippen LogP contribution in [0.15, 0.2) is 66.7 Å². The smallest absolute Gasteiger partial charge is 0.414 e. The van der Waals surface area contributed by atoms with Crippen molar-refractivity contribution in [2.24, 2.45) is 5.73 Å². The predicted molar refractivity (Wildman–Crippen MR) is 88.0 cm³/mol. The number of halogens is 3. The first-order valence-corrected chi connectivity index (χ1v) is 7.35. The number of fused-ring (bicyclic) bond motifs is 1. The minimum atomic E-state index is -4.65. The largest absolute Gasteiger partial charge is 0.497 e. The molecule has 2 N–H and O–H groups in total. The van der Waals surface area contributed by atoms with E-state index >= 15 is 0 Å². The van der Waals surface area contributed by atoms with Crippen molar-refractivity contribution in [1.29, 1.82) is 0 Å². The number of alkyl halides is 3. The van der Waals surface area contributed by atoms with Crippen molar-refractivity contribution in [1.82, 2.24) is 0 Å². The summed E-state index contributed by atoms with van der Waals surface area (Å²) in [6.07, 6.45) is -4.65. The minimum absolute atomic E-state index is 0.00105. The van der Waals surface area contributed by atoms with E-state index in [-0.39, 0.29) is 11.1 Å². The highest BCUT2D eigenvalue weighted by Gasteiger charge is 2.54. The van der Waals surface area contributed by atoms with Crippen molar-refractivity contribution in [3.8, 4) is 5.75 Å². The van der Waals surface area contributed by atoms with Crippen LogP contribution in [-0.4, -0.2) is 13.3 Å². The molecule has 2 nitrogen and oxygen atoms in total. The van der Waals surface area contributed by atoms with Crippen LogP contribution in [-0.2, 0) is 5.54 Å². The average Bonchev–Trinajstić information content (AvgIpc) is 2.59. The van der Waals surface area contributed by atoms with Crippen molar-refractivity contribution in [2.45, 2.75) is 11.7 Å². The average molecular weight is 331 g/mol. The summed E-state index contributed by atoms with van der Waals surface area (Å²) in [6, 6.07) is 17.5. The minimum Gasteiger partial charge on any atom is -0.497 e. The quantitative estimate of drug-likeness (QED) is 0.760. The molecule has 0 radical (unpaired) electrons. The van der Waals surface area contributed by atoms with Crippen molar-refractivity contribution in [2.75, 3.05) is 7.11 Å². The molecular weight excluding hydrogens is 315 g/mol. The number of hydrogen-bond acceptors (Lipinski definition) is 2. The summed E-state index contributed by atoms with van der Waals surface area (Å²) in [5, 5.41) is 1.57. The highest BCUT2D eigenvalue weighted by molar-refractivity contribution is 5.83. The van der Waals surface area contributed by atoms with Gasteiger partial charge in [-0.05, 0) is 40.1 Å². The van der Waals surface area contributed by atoms with E-state index < -0.39 is 11.7 Å². The van der Waals surface area contributed by atoms with Gasteiger partial charge in [-0.15, -0.1) is 0 Å². The highest BCUT2D eigenvalue weighted by atomic mass is 19.4. The Hall–Kier alpha value is -2.53. The highest BCUT2D eigenvalue weighted by Crippen LogP contribution is 2.43.